The van der Waals surface area contributed by atoms with Crippen molar-refractivity contribution in [1.29, 1.82) is 5.26 Å². The zero-order valence-corrected chi connectivity index (χ0v) is 14.6. The Hall–Kier alpha value is -1.90. The summed E-state index contributed by atoms with van der Waals surface area (Å²) >= 11 is 0. The topological polar surface area (TPSA) is 53.0 Å². The second kappa shape index (κ2) is 7.78. The van der Waals surface area contributed by atoms with Crippen molar-refractivity contribution in [2.45, 2.75) is 32.4 Å². The Balaban J connectivity index is 1.48. The van der Waals surface area contributed by atoms with Crippen molar-refractivity contribution in [2.75, 3.05) is 39.3 Å². The minimum atomic E-state index is 0.0968. The van der Waals surface area contributed by atoms with Crippen LogP contribution in [0.2, 0.25) is 0 Å². The molecule has 2 saturated heterocycles. The first-order valence-corrected chi connectivity index (χ1v) is 9.13. The summed E-state index contributed by atoms with van der Waals surface area (Å²) < 4.78 is 0. The van der Waals surface area contributed by atoms with Gasteiger partial charge < -0.3 is 14.7 Å². The number of benzene rings is 1. The summed E-state index contributed by atoms with van der Waals surface area (Å²) in [5, 5.41) is 8.87. The van der Waals surface area contributed by atoms with Crippen LogP contribution < -0.4 is 9.80 Å². The first kappa shape index (κ1) is 16.9. The lowest BCUT2D eigenvalue weighted by Crippen LogP contribution is -3.29. The predicted molar refractivity (Wildman–Crippen MR) is 91.5 cm³/mol. The van der Waals surface area contributed by atoms with Gasteiger partial charge in [0.2, 0.25) is 0 Å². The number of hydrogen-bond donors (Lipinski definition) is 2. The lowest BCUT2D eigenvalue weighted by molar-refractivity contribution is -1.02. The second-order valence-electron chi connectivity index (χ2n) is 7.15. The van der Waals surface area contributed by atoms with E-state index < -0.39 is 0 Å². The predicted octanol–water partition coefficient (Wildman–Crippen LogP) is -1.15. The third-order valence-electron chi connectivity index (χ3n) is 5.54. The van der Waals surface area contributed by atoms with Crippen LogP contribution in [-0.4, -0.2) is 56.1 Å². The molecule has 0 saturated carbocycles. The number of quaternary nitrogens is 2. The molecule has 2 aliphatic rings. The van der Waals surface area contributed by atoms with Crippen LogP contribution in [0.5, 0.6) is 0 Å². The number of carbonyl (C=O) groups excluding carboxylic acids is 1. The number of rotatable bonds is 4. The number of likely N-dealkylation sites (tertiary alicyclic amines) is 1. The quantitative estimate of drug-likeness (QED) is 0.734. The highest BCUT2D eigenvalue weighted by Crippen LogP contribution is 2.08. The Morgan fingerprint density at radius 3 is 2.38 bits per heavy atom. The fourth-order valence-corrected chi connectivity index (χ4v) is 3.91. The van der Waals surface area contributed by atoms with Gasteiger partial charge in [-0.2, -0.15) is 5.26 Å². The summed E-state index contributed by atoms with van der Waals surface area (Å²) in [7, 11) is 0. The van der Waals surface area contributed by atoms with Gasteiger partial charge in [0.25, 0.3) is 5.91 Å². The molecule has 1 aromatic carbocycles. The molecule has 2 N–H and O–H groups in total. The molecule has 3 rings (SSSR count). The van der Waals surface area contributed by atoms with Crippen molar-refractivity contribution < 1.29 is 14.6 Å². The van der Waals surface area contributed by atoms with Crippen molar-refractivity contribution in [2.24, 2.45) is 0 Å². The number of amides is 1. The van der Waals surface area contributed by atoms with E-state index in [1.54, 1.807) is 4.90 Å². The lowest BCUT2D eigenvalue weighted by Gasteiger charge is -2.34. The van der Waals surface area contributed by atoms with Crippen LogP contribution in [0.15, 0.2) is 24.3 Å². The van der Waals surface area contributed by atoms with Crippen LogP contribution in [-0.2, 0) is 11.3 Å². The van der Waals surface area contributed by atoms with E-state index in [0.717, 1.165) is 64.2 Å². The maximum atomic E-state index is 12.5. The molecule has 1 amide bonds. The fraction of sp³-hybridized carbons (Fsp3) is 0.579. The minimum absolute atomic E-state index is 0.0968. The van der Waals surface area contributed by atoms with Crippen molar-refractivity contribution in [3.8, 4) is 6.07 Å². The Morgan fingerprint density at radius 1 is 1.17 bits per heavy atom. The third-order valence-corrected chi connectivity index (χ3v) is 5.54. The summed E-state index contributed by atoms with van der Waals surface area (Å²) in [5.41, 5.74) is 2.01. The molecule has 5 heteroatoms. The van der Waals surface area contributed by atoms with Crippen LogP contribution in [0.1, 0.15) is 30.9 Å². The SMILES string of the molecule is C[C@H](C(=O)N1CCCC1)[NH+]1CC[NH+](Cc2ccc(C#N)cc2)CC1. The van der Waals surface area contributed by atoms with Crippen LogP contribution in [0, 0.1) is 11.3 Å². The molecule has 128 valence electrons. The monoisotopic (exact) mass is 328 g/mol. The fourth-order valence-electron chi connectivity index (χ4n) is 3.91. The number of nitriles is 1. The highest BCUT2D eigenvalue weighted by Gasteiger charge is 2.34. The molecule has 0 bridgehead atoms. The zero-order valence-electron chi connectivity index (χ0n) is 14.6. The molecule has 0 spiro atoms. The molecule has 0 unspecified atom stereocenters. The van der Waals surface area contributed by atoms with Gasteiger partial charge in [0.1, 0.15) is 32.7 Å². The average Bonchev–Trinajstić information content (AvgIpc) is 3.16. The van der Waals surface area contributed by atoms with E-state index in [0.29, 0.717) is 5.91 Å². The number of hydrogen-bond acceptors (Lipinski definition) is 2. The normalized spacial score (nSPS) is 25.2. The Labute approximate surface area is 144 Å². The Kier molecular flexibility index (Phi) is 5.49. The van der Waals surface area contributed by atoms with Crippen LogP contribution in [0.3, 0.4) is 0 Å². The lowest BCUT2D eigenvalue weighted by atomic mass is 10.1. The summed E-state index contributed by atoms with van der Waals surface area (Å²) in [6.07, 6.45) is 2.33. The van der Waals surface area contributed by atoms with E-state index in [-0.39, 0.29) is 6.04 Å². The number of nitrogens with zero attached hydrogens (tertiary/aromatic N) is 2. The maximum absolute atomic E-state index is 12.5. The molecule has 2 aliphatic heterocycles. The third kappa shape index (κ3) is 3.95. The largest absolute Gasteiger partial charge is 0.338 e. The van der Waals surface area contributed by atoms with Crippen LogP contribution in [0.25, 0.3) is 0 Å². The van der Waals surface area contributed by atoms with E-state index in [9.17, 15) is 4.79 Å². The molecular weight excluding hydrogens is 300 g/mol. The molecule has 2 fully saturated rings. The van der Waals surface area contributed by atoms with E-state index in [2.05, 4.69) is 25.1 Å². The average molecular weight is 328 g/mol. The van der Waals surface area contributed by atoms with Gasteiger partial charge in [0.15, 0.2) is 6.04 Å². The first-order valence-electron chi connectivity index (χ1n) is 9.13. The van der Waals surface area contributed by atoms with Gasteiger partial charge in [-0.25, -0.2) is 0 Å². The van der Waals surface area contributed by atoms with E-state index in [1.165, 1.54) is 10.5 Å². The molecule has 0 aromatic heterocycles. The van der Waals surface area contributed by atoms with Crippen molar-refractivity contribution in [3.63, 3.8) is 0 Å². The summed E-state index contributed by atoms with van der Waals surface area (Å²) in [6.45, 7) is 9.34. The number of piperazine rings is 1. The first-order chi connectivity index (χ1) is 11.7. The van der Waals surface area contributed by atoms with Crippen molar-refractivity contribution in [1.82, 2.24) is 4.90 Å². The number of carbonyl (C=O) groups is 1. The number of nitrogens with one attached hydrogen (secondary N) is 2. The Morgan fingerprint density at radius 2 is 1.79 bits per heavy atom. The van der Waals surface area contributed by atoms with Crippen molar-refractivity contribution >= 4 is 5.91 Å². The Bertz CT molecular complexity index is 593. The molecule has 24 heavy (non-hydrogen) atoms. The molecule has 0 radical (unpaired) electrons. The smallest absolute Gasteiger partial charge is 0.280 e. The maximum Gasteiger partial charge on any atom is 0.280 e. The molecule has 1 atom stereocenters. The highest BCUT2D eigenvalue weighted by molar-refractivity contribution is 5.80. The van der Waals surface area contributed by atoms with Gasteiger partial charge in [-0.3, -0.25) is 4.79 Å². The van der Waals surface area contributed by atoms with Crippen LogP contribution in [0.4, 0.5) is 0 Å². The summed E-state index contributed by atoms with van der Waals surface area (Å²) in [4.78, 5) is 17.6. The molecule has 1 aromatic rings. The van der Waals surface area contributed by atoms with E-state index in [1.807, 2.05) is 17.0 Å². The van der Waals surface area contributed by atoms with Gasteiger partial charge >= 0.3 is 0 Å². The van der Waals surface area contributed by atoms with Crippen LogP contribution >= 0.6 is 0 Å². The van der Waals surface area contributed by atoms with Gasteiger partial charge in [0.05, 0.1) is 11.6 Å². The highest BCUT2D eigenvalue weighted by atomic mass is 16.2. The van der Waals surface area contributed by atoms with Gasteiger partial charge in [-0.1, -0.05) is 12.1 Å². The summed E-state index contributed by atoms with van der Waals surface area (Å²) in [6, 6.07) is 10.2. The molecular formula is C19H28N4O+2. The summed E-state index contributed by atoms with van der Waals surface area (Å²) in [5.74, 6) is 0.345. The van der Waals surface area contributed by atoms with E-state index >= 15 is 0 Å². The molecule has 5 nitrogen and oxygen atoms in total. The standard InChI is InChI=1S/C19H26N4O/c1-16(19(24)23-8-2-3-9-23)22-12-10-21(11-13-22)15-18-6-4-17(14-20)5-7-18/h4-7,16H,2-3,8-13,15H2,1H3/p+2/t16-/m1/s1. The van der Waals surface area contributed by atoms with E-state index in [4.69, 9.17) is 5.26 Å². The molecule has 2 heterocycles. The molecule has 0 aliphatic carbocycles. The van der Waals surface area contributed by atoms with Gasteiger partial charge in [0, 0.05) is 18.7 Å². The zero-order chi connectivity index (χ0) is 16.9. The minimum Gasteiger partial charge on any atom is -0.338 e. The second-order valence-corrected chi connectivity index (χ2v) is 7.15. The van der Waals surface area contributed by atoms with Gasteiger partial charge in [-0.15, -0.1) is 0 Å². The van der Waals surface area contributed by atoms with Gasteiger partial charge in [-0.05, 0) is 31.9 Å². The van der Waals surface area contributed by atoms with Crippen molar-refractivity contribution in [3.05, 3.63) is 35.4 Å².